The highest BCUT2D eigenvalue weighted by atomic mass is 16.5. The lowest BCUT2D eigenvalue weighted by Gasteiger charge is -2.29. The molecule has 1 aromatic rings. The van der Waals surface area contributed by atoms with Crippen LogP contribution in [-0.2, 0) is 16.1 Å². The summed E-state index contributed by atoms with van der Waals surface area (Å²) in [7, 11) is 1.64. The minimum absolute atomic E-state index is 0.0253. The lowest BCUT2D eigenvalue weighted by Crippen LogP contribution is -2.38. The quantitative estimate of drug-likeness (QED) is 0.893. The molecule has 5 heteroatoms. The number of hydrogen-bond donors (Lipinski definition) is 1. The van der Waals surface area contributed by atoms with Crippen molar-refractivity contribution in [3.63, 3.8) is 0 Å². The van der Waals surface area contributed by atoms with Gasteiger partial charge in [-0.3, -0.25) is 9.59 Å². The van der Waals surface area contributed by atoms with E-state index in [9.17, 15) is 9.59 Å². The molecule has 2 fully saturated rings. The van der Waals surface area contributed by atoms with Crippen molar-refractivity contribution in [3.8, 4) is 5.75 Å². The standard InChI is InChI=1S/C20H28N2O3/c1-25-18-7-3-2-6-17(18)14-21-19(23)15-8-10-16(11-9-15)20(24)22-12-4-5-13-22/h2-3,6-7,15-16H,4-5,8-14H2,1H3,(H,21,23). The Kier molecular flexibility index (Phi) is 5.95. The summed E-state index contributed by atoms with van der Waals surface area (Å²) in [4.78, 5) is 26.9. The lowest BCUT2D eigenvalue weighted by molar-refractivity contribution is -0.137. The van der Waals surface area contributed by atoms with Crippen molar-refractivity contribution in [1.29, 1.82) is 0 Å². The first-order chi connectivity index (χ1) is 12.2. The number of benzene rings is 1. The Morgan fingerprint density at radius 2 is 1.72 bits per heavy atom. The molecule has 1 aliphatic heterocycles. The summed E-state index contributed by atoms with van der Waals surface area (Å²) in [6.45, 7) is 2.31. The van der Waals surface area contributed by atoms with E-state index >= 15 is 0 Å². The number of rotatable bonds is 5. The Labute approximate surface area is 149 Å². The van der Waals surface area contributed by atoms with Gasteiger partial charge in [-0.05, 0) is 44.6 Å². The van der Waals surface area contributed by atoms with Crippen molar-refractivity contribution in [2.24, 2.45) is 11.8 Å². The molecule has 2 aliphatic rings. The van der Waals surface area contributed by atoms with Crippen LogP contribution in [0.15, 0.2) is 24.3 Å². The van der Waals surface area contributed by atoms with E-state index in [0.29, 0.717) is 12.5 Å². The van der Waals surface area contributed by atoms with E-state index in [1.807, 2.05) is 29.2 Å². The summed E-state index contributed by atoms with van der Waals surface area (Å²) >= 11 is 0. The lowest BCUT2D eigenvalue weighted by atomic mass is 9.81. The highest BCUT2D eigenvalue weighted by molar-refractivity contribution is 5.81. The minimum Gasteiger partial charge on any atom is -0.496 e. The second-order valence-electron chi connectivity index (χ2n) is 7.11. The van der Waals surface area contributed by atoms with Crippen molar-refractivity contribution < 1.29 is 14.3 Å². The smallest absolute Gasteiger partial charge is 0.225 e. The Bertz CT molecular complexity index is 603. The summed E-state index contributed by atoms with van der Waals surface area (Å²) in [5.74, 6) is 1.35. The van der Waals surface area contributed by atoms with Gasteiger partial charge in [-0.1, -0.05) is 18.2 Å². The molecule has 2 amide bonds. The number of carbonyl (C=O) groups excluding carboxylic acids is 2. The molecular weight excluding hydrogens is 316 g/mol. The first-order valence-electron chi connectivity index (χ1n) is 9.37. The fourth-order valence-corrected chi connectivity index (χ4v) is 3.97. The third-order valence-electron chi connectivity index (χ3n) is 5.51. The Morgan fingerprint density at radius 1 is 1.08 bits per heavy atom. The number of hydrogen-bond acceptors (Lipinski definition) is 3. The van der Waals surface area contributed by atoms with Gasteiger partial charge in [0.15, 0.2) is 0 Å². The van der Waals surface area contributed by atoms with E-state index in [4.69, 9.17) is 4.74 Å². The van der Waals surface area contributed by atoms with Crippen LogP contribution in [0, 0.1) is 11.8 Å². The van der Waals surface area contributed by atoms with E-state index in [-0.39, 0.29) is 17.7 Å². The average molecular weight is 344 g/mol. The summed E-state index contributed by atoms with van der Waals surface area (Å²) in [6, 6.07) is 7.73. The maximum atomic E-state index is 12.5. The predicted octanol–water partition coefficient (Wildman–Crippen LogP) is 2.74. The third-order valence-corrected chi connectivity index (χ3v) is 5.51. The zero-order valence-electron chi connectivity index (χ0n) is 15.0. The molecular formula is C20H28N2O3. The molecule has 1 N–H and O–H groups in total. The van der Waals surface area contributed by atoms with E-state index in [1.54, 1.807) is 7.11 Å². The summed E-state index contributed by atoms with van der Waals surface area (Å²) in [6.07, 6.45) is 5.55. The molecule has 0 aromatic heterocycles. The Morgan fingerprint density at radius 3 is 2.40 bits per heavy atom. The van der Waals surface area contributed by atoms with Gasteiger partial charge in [-0.15, -0.1) is 0 Å². The largest absolute Gasteiger partial charge is 0.496 e. The first-order valence-corrected chi connectivity index (χ1v) is 9.37. The second kappa shape index (κ2) is 8.37. The zero-order chi connectivity index (χ0) is 17.6. The summed E-state index contributed by atoms with van der Waals surface area (Å²) < 4.78 is 5.32. The van der Waals surface area contributed by atoms with Gasteiger partial charge in [0.2, 0.25) is 11.8 Å². The van der Waals surface area contributed by atoms with Crippen LogP contribution < -0.4 is 10.1 Å². The van der Waals surface area contributed by atoms with Crippen molar-refractivity contribution in [1.82, 2.24) is 10.2 Å². The molecule has 0 radical (unpaired) electrons. The minimum atomic E-state index is 0.0253. The number of carbonyl (C=O) groups is 2. The van der Waals surface area contributed by atoms with Crippen LogP contribution in [0.3, 0.4) is 0 Å². The van der Waals surface area contributed by atoms with Crippen LogP contribution in [-0.4, -0.2) is 36.9 Å². The van der Waals surface area contributed by atoms with Crippen molar-refractivity contribution in [2.45, 2.75) is 45.1 Å². The zero-order valence-corrected chi connectivity index (χ0v) is 15.0. The Balaban J connectivity index is 1.46. The molecule has 0 unspecified atom stereocenters. The van der Waals surface area contributed by atoms with Crippen LogP contribution in [0.1, 0.15) is 44.1 Å². The average Bonchev–Trinajstić information content (AvgIpc) is 3.20. The monoisotopic (exact) mass is 344 g/mol. The van der Waals surface area contributed by atoms with Gasteiger partial charge < -0.3 is 15.0 Å². The maximum absolute atomic E-state index is 12.5. The van der Waals surface area contributed by atoms with Crippen molar-refractivity contribution in [2.75, 3.05) is 20.2 Å². The van der Waals surface area contributed by atoms with Gasteiger partial charge >= 0.3 is 0 Å². The predicted molar refractivity (Wildman–Crippen MR) is 96.1 cm³/mol. The molecule has 0 atom stereocenters. The van der Waals surface area contributed by atoms with Crippen molar-refractivity contribution in [3.05, 3.63) is 29.8 Å². The molecule has 3 rings (SSSR count). The topological polar surface area (TPSA) is 58.6 Å². The van der Waals surface area contributed by atoms with E-state index in [2.05, 4.69) is 5.32 Å². The van der Waals surface area contributed by atoms with E-state index in [1.165, 1.54) is 0 Å². The normalized spacial score (nSPS) is 23.3. The Hall–Kier alpha value is -2.04. The van der Waals surface area contributed by atoms with Crippen molar-refractivity contribution >= 4 is 11.8 Å². The number of nitrogens with zero attached hydrogens (tertiary/aromatic N) is 1. The number of nitrogens with one attached hydrogen (secondary N) is 1. The van der Waals surface area contributed by atoms with Crippen LogP contribution in [0.4, 0.5) is 0 Å². The number of likely N-dealkylation sites (tertiary alicyclic amines) is 1. The summed E-state index contributed by atoms with van der Waals surface area (Å²) in [5, 5.41) is 3.03. The van der Waals surface area contributed by atoms with Crippen LogP contribution in [0.5, 0.6) is 5.75 Å². The van der Waals surface area contributed by atoms with Gasteiger partial charge in [0, 0.05) is 37.0 Å². The van der Waals surface area contributed by atoms with Gasteiger partial charge in [0.1, 0.15) is 5.75 Å². The number of methoxy groups -OCH3 is 1. The molecule has 1 aliphatic carbocycles. The van der Waals surface area contributed by atoms with Gasteiger partial charge in [-0.25, -0.2) is 0 Å². The first kappa shape index (κ1) is 17.8. The van der Waals surface area contributed by atoms with E-state index in [0.717, 1.165) is 62.9 Å². The fourth-order valence-electron chi connectivity index (χ4n) is 3.97. The molecule has 5 nitrogen and oxygen atoms in total. The molecule has 0 spiro atoms. The molecule has 0 bridgehead atoms. The molecule has 1 saturated heterocycles. The second-order valence-corrected chi connectivity index (χ2v) is 7.11. The van der Waals surface area contributed by atoms with Crippen LogP contribution in [0.25, 0.3) is 0 Å². The fraction of sp³-hybridized carbons (Fsp3) is 0.600. The number of amides is 2. The van der Waals surface area contributed by atoms with Gasteiger partial charge in [0.25, 0.3) is 0 Å². The highest BCUT2D eigenvalue weighted by Gasteiger charge is 2.32. The van der Waals surface area contributed by atoms with E-state index < -0.39 is 0 Å². The molecule has 1 heterocycles. The maximum Gasteiger partial charge on any atom is 0.225 e. The van der Waals surface area contributed by atoms with Gasteiger partial charge in [0.05, 0.1) is 7.11 Å². The third kappa shape index (κ3) is 4.33. The summed E-state index contributed by atoms with van der Waals surface area (Å²) in [5.41, 5.74) is 0.983. The molecule has 1 saturated carbocycles. The van der Waals surface area contributed by atoms with Gasteiger partial charge in [-0.2, -0.15) is 0 Å². The number of ether oxygens (including phenoxy) is 1. The SMILES string of the molecule is COc1ccccc1CNC(=O)C1CCC(C(=O)N2CCCC2)CC1. The molecule has 25 heavy (non-hydrogen) atoms. The molecule has 136 valence electrons. The highest BCUT2D eigenvalue weighted by Crippen LogP contribution is 2.31. The molecule has 1 aromatic carbocycles. The van der Waals surface area contributed by atoms with Crippen LogP contribution >= 0.6 is 0 Å². The number of para-hydroxylation sites is 1. The van der Waals surface area contributed by atoms with Crippen LogP contribution in [0.2, 0.25) is 0 Å².